The van der Waals surface area contributed by atoms with Crippen molar-refractivity contribution in [3.05, 3.63) is 65.3 Å². The second kappa shape index (κ2) is 10.5. The van der Waals surface area contributed by atoms with Gasteiger partial charge in [-0.25, -0.2) is 12.8 Å². The van der Waals surface area contributed by atoms with E-state index in [9.17, 15) is 17.6 Å². The minimum atomic E-state index is -3.55. The molecule has 2 aromatic rings. The van der Waals surface area contributed by atoms with Crippen LogP contribution >= 0.6 is 0 Å². The van der Waals surface area contributed by atoms with Crippen molar-refractivity contribution in [2.45, 2.75) is 32.1 Å². The standard InChI is InChI=1S/C25H30FN3O3S/c26-22-9-10-24(28-14-5-2-6-15-28)23(19-22)27-25(30)21-11-16-29(17-12-21)33(31,32)18-13-20-7-3-1-4-8-20/h1,3-4,7-10,13,18-19,21H,2,5-6,11-12,14-17H2,(H,27,30)/b18-13+. The monoisotopic (exact) mass is 471 g/mol. The van der Waals surface area contributed by atoms with Gasteiger partial charge in [-0.3, -0.25) is 4.79 Å². The third-order valence-corrected chi connectivity index (χ3v) is 7.89. The van der Waals surface area contributed by atoms with Crippen LogP contribution in [-0.4, -0.2) is 44.8 Å². The normalized spacial score (nSPS) is 18.5. The van der Waals surface area contributed by atoms with E-state index in [0.29, 0.717) is 18.5 Å². The van der Waals surface area contributed by atoms with Crippen molar-refractivity contribution in [1.82, 2.24) is 4.31 Å². The lowest BCUT2D eigenvalue weighted by Crippen LogP contribution is -2.40. The number of hydrogen-bond donors (Lipinski definition) is 1. The predicted octanol–water partition coefficient (Wildman–Crippen LogP) is 4.47. The van der Waals surface area contributed by atoms with Crippen molar-refractivity contribution in [1.29, 1.82) is 0 Å². The first-order valence-electron chi connectivity index (χ1n) is 11.5. The molecule has 2 aromatic carbocycles. The number of hydrogen-bond acceptors (Lipinski definition) is 4. The zero-order valence-corrected chi connectivity index (χ0v) is 19.4. The SMILES string of the molecule is O=C(Nc1cc(F)ccc1N1CCCCC1)C1CCN(S(=O)(=O)/C=C/c2ccccc2)CC1. The van der Waals surface area contributed by atoms with Crippen molar-refractivity contribution in [2.75, 3.05) is 36.4 Å². The number of benzene rings is 2. The summed E-state index contributed by atoms with van der Waals surface area (Å²) in [5, 5.41) is 4.14. The Bertz CT molecular complexity index is 1090. The molecule has 2 fully saturated rings. The van der Waals surface area contributed by atoms with Crippen LogP contribution in [-0.2, 0) is 14.8 Å². The van der Waals surface area contributed by atoms with Gasteiger partial charge in [0.2, 0.25) is 15.9 Å². The lowest BCUT2D eigenvalue weighted by Gasteiger charge is -2.32. The minimum Gasteiger partial charge on any atom is -0.370 e. The Labute approximate surface area is 195 Å². The highest BCUT2D eigenvalue weighted by Gasteiger charge is 2.30. The van der Waals surface area contributed by atoms with Crippen molar-refractivity contribution in [3.63, 3.8) is 0 Å². The van der Waals surface area contributed by atoms with Gasteiger partial charge in [0, 0.05) is 37.5 Å². The lowest BCUT2D eigenvalue weighted by molar-refractivity contribution is -0.120. The Hall–Kier alpha value is -2.71. The second-order valence-corrected chi connectivity index (χ2v) is 10.4. The molecule has 0 radical (unpaired) electrons. The van der Waals surface area contributed by atoms with E-state index in [1.807, 2.05) is 30.3 Å². The molecule has 33 heavy (non-hydrogen) atoms. The van der Waals surface area contributed by atoms with Crippen LogP contribution in [0.25, 0.3) is 6.08 Å². The molecular formula is C25H30FN3O3S. The van der Waals surface area contributed by atoms with Crippen LogP contribution < -0.4 is 10.2 Å². The third kappa shape index (κ3) is 6.00. The highest BCUT2D eigenvalue weighted by atomic mass is 32.2. The smallest absolute Gasteiger partial charge is 0.236 e. The van der Waals surface area contributed by atoms with Gasteiger partial charge in [-0.1, -0.05) is 30.3 Å². The van der Waals surface area contributed by atoms with Crippen molar-refractivity contribution < 1.29 is 17.6 Å². The molecule has 0 aliphatic carbocycles. The molecule has 2 aliphatic heterocycles. The van der Waals surface area contributed by atoms with Crippen LogP contribution in [0.1, 0.15) is 37.7 Å². The van der Waals surface area contributed by atoms with Gasteiger partial charge in [0.05, 0.1) is 11.4 Å². The Morgan fingerprint density at radius 3 is 2.36 bits per heavy atom. The van der Waals surface area contributed by atoms with Crippen molar-refractivity contribution >= 4 is 33.4 Å². The number of carbonyl (C=O) groups excluding carboxylic acids is 1. The molecule has 0 saturated carbocycles. The van der Waals surface area contributed by atoms with Gasteiger partial charge in [0.15, 0.2) is 0 Å². The Morgan fingerprint density at radius 2 is 1.67 bits per heavy atom. The summed E-state index contributed by atoms with van der Waals surface area (Å²) >= 11 is 0. The summed E-state index contributed by atoms with van der Waals surface area (Å²) in [4.78, 5) is 15.1. The van der Waals surface area contributed by atoms with Gasteiger partial charge >= 0.3 is 0 Å². The molecular weight excluding hydrogens is 441 g/mol. The van der Waals surface area contributed by atoms with Crippen LogP contribution in [0.2, 0.25) is 0 Å². The fourth-order valence-corrected chi connectivity index (χ4v) is 5.66. The van der Waals surface area contributed by atoms with E-state index in [-0.39, 0.29) is 24.9 Å². The predicted molar refractivity (Wildman–Crippen MR) is 130 cm³/mol. The quantitative estimate of drug-likeness (QED) is 0.675. The summed E-state index contributed by atoms with van der Waals surface area (Å²) in [5.74, 6) is -0.889. The van der Waals surface area contributed by atoms with Crippen LogP contribution in [0.5, 0.6) is 0 Å². The molecule has 0 aromatic heterocycles. The Morgan fingerprint density at radius 1 is 0.970 bits per heavy atom. The number of nitrogens with one attached hydrogen (secondary N) is 1. The number of halogens is 1. The average Bonchev–Trinajstić information content (AvgIpc) is 2.84. The summed E-state index contributed by atoms with van der Waals surface area (Å²) in [5.41, 5.74) is 2.15. The largest absolute Gasteiger partial charge is 0.370 e. The van der Waals surface area contributed by atoms with E-state index in [4.69, 9.17) is 0 Å². The maximum atomic E-state index is 13.9. The first-order chi connectivity index (χ1) is 15.9. The third-order valence-electron chi connectivity index (χ3n) is 6.33. The van der Waals surface area contributed by atoms with Gasteiger partial charge in [-0.05, 0) is 61.9 Å². The Kier molecular flexibility index (Phi) is 7.45. The molecule has 2 heterocycles. The van der Waals surface area contributed by atoms with Crippen LogP contribution in [0.15, 0.2) is 53.9 Å². The molecule has 4 rings (SSSR count). The molecule has 176 valence electrons. The van der Waals surface area contributed by atoms with Crippen LogP contribution in [0.4, 0.5) is 15.8 Å². The number of nitrogens with zero attached hydrogens (tertiary/aromatic N) is 2. The Balaban J connectivity index is 1.37. The van der Waals surface area contributed by atoms with E-state index in [0.717, 1.165) is 37.2 Å². The zero-order valence-electron chi connectivity index (χ0n) is 18.6. The van der Waals surface area contributed by atoms with E-state index >= 15 is 0 Å². The van der Waals surface area contributed by atoms with Gasteiger partial charge in [0.1, 0.15) is 5.82 Å². The summed E-state index contributed by atoms with van der Waals surface area (Å²) in [6, 6.07) is 13.8. The molecule has 1 amide bonds. The van der Waals surface area contributed by atoms with Gasteiger partial charge in [0.25, 0.3) is 0 Å². The summed E-state index contributed by atoms with van der Waals surface area (Å²) in [6.45, 7) is 2.34. The van der Waals surface area contributed by atoms with Gasteiger partial charge < -0.3 is 10.2 Å². The molecule has 0 unspecified atom stereocenters. The maximum absolute atomic E-state index is 13.9. The number of rotatable bonds is 6. The van der Waals surface area contributed by atoms with Crippen LogP contribution in [0.3, 0.4) is 0 Å². The summed E-state index contributed by atoms with van der Waals surface area (Å²) in [6.07, 6.45) is 5.78. The molecule has 0 spiro atoms. The van der Waals surface area contributed by atoms with E-state index in [1.54, 1.807) is 12.1 Å². The van der Waals surface area contributed by atoms with Gasteiger partial charge in [-0.15, -0.1) is 0 Å². The minimum absolute atomic E-state index is 0.185. The van der Waals surface area contributed by atoms with E-state index < -0.39 is 15.8 Å². The average molecular weight is 472 g/mol. The van der Waals surface area contributed by atoms with Crippen LogP contribution in [0, 0.1) is 11.7 Å². The van der Waals surface area contributed by atoms with Gasteiger partial charge in [-0.2, -0.15) is 4.31 Å². The first-order valence-corrected chi connectivity index (χ1v) is 13.0. The molecule has 0 bridgehead atoms. The lowest BCUT2D eigenvalue weighted by atomic mass is 9.97. The van der Waals surface area contributed by atoms with E-state index in [2.05, 4.69) is 10.2 Å². The van der Waals surface area contributed by atoms with Crippen molar-refractivity contribution in [2.24, 2.45) is 5.92 Å². The number of carbonyl (C=O) groups is 1. The maximum Gasteiger partial charge on any atom is 0.236 e. The zero-order chi connectivity index (χ0) is 23.3. The highest BCUT2D eigenvalue weighted by Crippen LogP contribution is 2.31. The fraction of sp³-hybridized carbons (Fsp3) is 0.400. The van der Waals surface area contributed by atoms with Crippen molar-refractivity contribution in [3.8, 4) is 0 Å². The molecule has 2 saturated heterocycles. The summed E-state index contributed by atoms with van der Waals surface area (Å²) in [7, 11) is -3.55. The first kappa shape index (κ1) is 23.4. The second-order valence-electron chi connectivity index (χ2n) is 8.63. The molecule has 0 atom stereocenters. The molecule has 2 aliphatic rings. The fourth-order valence-electron chi connectivity index (χ4n) is 4.44. The number of anilines is 2. The number of amides is 1. The molecule has 8 heteroatoms. The molecule has 6 nitrogen and oxygen atoms in total. The highest BCUT2D eigenvalue weighted by molar-refractivity contribution is 7.92. The van der Waals surface area contributed by atoms with E-state index in [1.165, 1.54) is 28.3 Å². The number of piperidine rings is 2. The summed E-state index contributed by atoms with van der Waals surface area (Å²) < 4.78 is 40.7. The molecule has 1 N–H and O–H groups in total. The number of sulfonamides is 1. The topological polar surface area (TPSA) is 69.7 Å².